The Morgan fingerprint density at radius 2 is 2.04 bits per heavy atom. The molecule has 1 aliphatic heterocycles. The molecule has 146 valence electrons. The number of aromatic nitrogens is 1. The number of benzene rings is 1. The molecule has 0 saturated carbocycles. The number of anilines is 1. The molecule has 9 heteroatoms. The van der Waals surface area contributed by atoms with Crippen molar-refractivity contribution in [2.75, 3.05) is 18.4 Å². The van der Waals surface area contributed by atoms with E-state index < -0.39 is 10.0 Å². The van der Waals surface area contributed by atoms with Crippen LogP contribution in [0.15, 0.2) is 45.7 Å². The van der Waals surface area contributed by atoms with Crippen LogP contribution in [-0.4, -0.2) is 36.7 Å². The number of hydrogen-bond acceptors (Lipinski definition) is 6. The Balaban J connectivity index is 1.51. The number of nitrogens with one attached hydrogen (secondary N) is 1. The zero-order valence-corrected chi connectivity index (χ0v) is 16.8. The van der Waals surface area contributed by atoms with Crippen LogP contribution < -0.4 is 5.32 Å². The van der Waals surface area contributed by atoms with Crippen molar-refractivity contribution in [1.82, 2.24) is 9.29 Å². The lowest BCUT2D eigenvalue weighted by atomic mass is 10.3. The van der Waals surface area contributed by atoms with Crippen LogP contribution in [0.2, 0.25) is 0 Å². The number of furan rings is 1. The van der Waals surface area contributed by atoms with Crippen LogP contribution in [0.5, 0.6) is 0 Å². The lowest BCUT2D eigenvalue weighted by Crippen LogP contribution is -2.27. The molecule has 1 saturated heterocycles. The van der Waals surface area contributed by atoms with Gasteiger partial charge >= 0.3 is 0 Å². The summed E-state index contributed by atoms with van der Waals surface area (Å²) in [4.78, 5) is 16.7. The Morgan fingerprint density at radius 3 is 2.75 bits per heavy atom. The fraction of sp³-hybridized carbons (Fsp3) is 0.263. The summed E-state index contributed by atoms with van der Waals surface area (Å²) in [5.41, 5.74) is 0.645. The molecule has 0 radical (unpaired) electrons. The second-order valence-electron chi connectivity index (χ2n) is 6.53. The van der Waals surface area contributed by atoms with Gasteiger partial charge in [0, 0.05) is 19.2 Å². The maximum Gasteiger partial charge on any atom is 0.250 e. The van der Waals surface area contributed by atoms with Gasteiger partial charge in [-0.25, -0.2) is 13.4 Å². The second-order valence-corrected chi connectivity index (χ2v) is 9.50. The highest BCUT2D eigenvalue weighted by molar-refractivity contribution is 7.89. The number of carbonyl (C=O) groups excluding carboxylic acids is 1. The number of carbonyl (C=O) groups is 1. The van der Waals surface area contributed by atoms with Crippen LogP contribution in [-0.2, 0) is 14.8 Å². The van der Waals surface area contributed by atoms with Gasteiger partial charge in [0.1, 0.15) is 11.5 Å². The minimum absolute atomic E-state index is 0.261. The number of aryl methyl sites for hydroxylation is 1. The van der Waals surface area contributed by atoms with Crippen LogP contribution in [0.25, 0.3) is 16.3 Å². The van der Waals surface area contributed by atoms with E-state index in [1.807, 2.05) is 13.0 Å². The SMILES string of the molecule is Cc1ccc(C=CC(=O)Nc2nc3ccc(S(=O)(=O)N4CCCC4)cc3s2)o1. The Morgan fingerprint density at radius 1 is 1.25 bits per heavy atom. The monoisotopic (exact) mass is 417 g/mol. The topological polar surface area (TPSA) is 92.5 Å². The fourth-order valence-corrected chi connectivity index (χ4v) is 5.57. The van der Waals surface area contributed by atoms with E-state index in [1.54, 1.807) is 30.3 Å². The van der Waals surface area contributed by atoms with Gasteiger partial charge in [0.2, 0.25) is 15.9 Å². The number of nitrogens with zero attached hydrogens (tertiary/aromatic N) is 2. The van der Waals surface area contributed by atoms with Crippen LogP contribution in [0.3, 0.4) is 0 Å². The first-order chi connectivity index (χ1) is 13.4. The van der Waals surface area contributed by atoms with Gasteiger partial charge in [0.15, 0.2) is 5.13 Å². The van der Waals surface area contributed by atoms with Gasteiger partial charge in [-0.05, 0) is 56.2 Å². The Kier molecular flexibility index (Phi) is 5.05. The first-order valence-electron chi connectivity index (χ1n) is 8.88. The number of rotatable bonds is 5. The molecular formula is C19H19N3O4S2. The van der Waals surface area contributed by atoms with E-state index in [0.29, 0.717) is 34.2 Å². The predicted molar refractivity (Wildman–Crippen MR) is 109 cm³/mol. The number of hydrogen-bond donors (Lipinski definition) is 1. The molecule has 3 heterocycles. The van der Waals surface area contributed by atoms with Gasteiger partial charge in [-0.3, -0.25) is 10.1 Å². The summed E-state index contributed by atoms with van der Waals surface area (Å²) in [6.45, 7) is 2.95. The van der Waals surface area contributed by atoms with Gasteiger partial charge in [-0.1, -0.05) is 11.3 Å². The molecule has 1 amide bonds. The molecule has 0 atom stereocenters. The molecule has 1 fully saturated rings. The van der Waals surface area contributed by atoms with E-state index in [1.165, 1.54) is 21.7 Å². The van der Waals surface area contributed by atoms with Gasteiger partial charge in [-0.2, -0.15) is 4.31 Å². The highest BCUT2D eigenvalue weighted by atomic mass is 32.2. The van der Waals surface area contributed by atoms with Crippen molar-refractivity contribution < 1.29 is 17.6 Å². The lowest BCUT2D eigenvalue weighted by Gasteiger charge is -2.15. The van der Waals surface area contributed by atoms with Gasteiger partial charge in [-0.15, -0.1) is 0 Å². The van der Waals surface area contributed by atoms with Crippen molar-refractivity contribution in [2.24, 2.45) is 0 Å². The normalized spacial score (nSPS) is 15.6. The largest absolute Gasteiger partial charge is 0.462 e. The molecule has 1 N–H and O–H groups in total. The molecule has 0 aliphatic carbocycles. The number of fused-ring (bicyclic) bond motifs is 1. The standard InChI is InChI=1S/C19H19N3O4S2/c1-13-4-5-14(26-13)6-9-18(23)21-19-20-16-8-7-15(12-17(16)27-19)28(24,25)22-10-2-3-11-22/h4-9,12H,2-3,10-11H2,1H3,(H,20,21,23). The maximum absolute atomic E-state index is 12.7. The van der Waals surface area contributed by atoms with Crippen molar-refractivity contribution in [1.29, 1.82) is 0 Å². The van der Waals surface area contributed by atoms with Gasteiger partial charge in [0.05, 0.1) is 15.1 Å². The van der Waals surface area contributed by atoms with E-state index in [-0.39, 0.29) is 10.8 Å². The summed E-state index contributed by atoms with van der Waals surface area (Å²) >= 11 is 1.24. The van der Waals surface area contributed by atoms with E-state index >= 15 is 0 Å². The first-order valence-corrected chi connectivity index (χ1v) is 11.1. The van der Waals surface area contributed by atoms with E-state index in [0.717, 1.165) is 18.6 Å². The van der Waals surface area contributed by atoms with Crippen molar-refractivity contribution in [3.63, 3.8) is 0 Å². The number of sulfonamides is 1. The quantitative estimate of drug-likeness (QED) is 0.640. The minimum Gasteiger partial charge on any atom is -0.462 e. The zero-order valence-electron chi connectivity index (χ0n) is 15.2. The molecule has 2 aromatic heterocycles. The van der Waals surface area contributed by atoms with Crippen LogP contribution >= 0.6 is 11.3 Å². The zero-order chi connectivity index (χ0) is 19.7. The van der Waals surface area contributed by atoms with Crippen LogP contribution in [0.4, 0.5) is 5.13 Å². The summed E-state index contributed by atoms with van der Waals surface area (Å²) in [6, 6.07) is 8.46. The summed E-state index contributed by atoms with van der Waals surface area (Å²) in [5.74, 6) is 1.03. The average Bonchev–Trinajstić information content (AvgIpc) is 3.39. The molecule has 1 aliphatic rings. The van der Waals surface area contributed by atoms with Gasteiger partial charge < -0.3 is 4.42 Å². The fourth-order valence-electron chi connectivity index (χ4n) is 3.04. The smallest absolute Gasteiger partial charge is 0.250 e. The summed E-state index contributed by atoms with van der Waals surface area (Å²) < 4.78 is 33.0. The molecule has 0 bridgehead atoms. The first kappa shape index (κ1) is 18.9. The van der Waals surface area contributed by atoms with E-state index in [4.69, 9.17) is 4.42 Å². The molecule has 1 aromatic carbocycles. The molecule has 0 spiro atoms. The summed E-state index contributed by atoms with van der Waals surface area (Å²) in [7, 11) is -3.48. The van der Waals surface area contributed by atoms with Gasteiger partial charge in [0.25, 0.3) is 0 Å². The molecular weight excluding hydrogens is 398 g/mol. The van der Waals surface area contributed by atoms with Crippen molar-refractivity contribution in [3.8, 4) is 0 Å². The number of amides is 1. The van der Waals surface area contributed by atoms with Crippen molar-refractivity contribution in [2.45, 2.75) is 24.7 Å². The third-order valence-electron chi connectivity index (χ3n) is 4.45. The Bertz CT molecular complexity index is 1160. The highest BCUT2D eigenvalue weighted by Gasteiger charge is 2.27. The van der Waals surface area contributed by atoms with E-state index in [2.05, 4.69) is 10.3 Å². The van der Waals surface area contributed by atoms with Crippen LogP contribution in [0.1, 0.15) is 24.4 Å². The molecule has 7 nitrogen and oxygen atoms in total. The molecule has 3 aromatic rings. The highest BCUT2D eigenvalue weighted by Crippen LogP contribution is 2.30. The summed E-state index contributed by atoms with van der Waals surface area (Å²) in [6.07, 6.45) is 4.73. The van der Waals surface area contributed by atoms with Crippen LogP contribution in [0, 0.1) is 6.92 Å². The minimum atomic E-state index is -3.48. The third kappa shape index (κ3) is 3.87. The predicted octanol–water partition coefficient (Wildman–Crippen LogP) is 3.63. The Hall–Kier alpha value is -2.49. The molecule has 28 heavy (non-hydrogen) atoms. The van der Waals surface area contributed by atoms with Crippen molar-refractivity contribution in [3.05, 3.63) is 47.9 Å². The average molecular weight is 418 g/mol. The second kappa shape index (κ2) is 7.50. The number of thiazole rings is 1. The van der Waals surface area contributed by atoms with E-state index in [9.17, 15) is 13.2 Å². The third-order valence-corrected chi connectivity index (χ3v) is 7.28. The lowest BCUT2D eigenvalue weighted by molar-refractivity contribution is -0.111. The molecule has 0 unspecified atom stereocenters. The van der Waals surface area contributed by atoms with Crippen molar-refractivity contribution >= 4 is 48.7 Å². The molecule has 4 rings (SSSR count). The Labute approximate surface area is 166 Å². The summed E-state index contributed by atoms with van der Waals surface area (Å²) in [5, 5.41) is 3.11. The maximum atomic E-state index is 12.7.